The van der Waals surface area contributed by atoms with Crippen LogP contribution in [0.3, 0.4) is 0 Å². The van der Waals surface area contributed by atoms with Gasteiger partial charge >= 0.3 is 0 Å². The largest absolute Gasteiger partial charge is 0.353 e. The molecule has 94 valence electrons. The van der Waals surface area contributed by atoms with Crippen LogP contribution in [0.2, 0.25) is 0 Å². The summed E-state index contributed by atoms with van der Waals surface area (Å²) >= 11 is 0. The summed E-state index contributed by atoms with van der Waals surface area (Å²) in [5.74, 6) is 0.678. The lowest BCUT2D eigenvalue weighted by atomic mass is 10.1. The summed E-state index contributed by atoms with van der Waals surface area (Å²) in [6.07, 6.45) is 1.64. The van der Waals surface area contributed by atoms with Gasteiger partial charge in [0, 0.05) is 24.9 Å². The van der Waals surface area contributed by atoms with Crippen LogP contribution in [0.4, 0.5) is 0 Å². The van der Waals surface area contributed by atoms with Crippen molar-refractivity contribution < 1.29 is 4.79 Å². The number of halogens is 1. The van der Waals surface area contributed by atoms with E-state index in [0.717, 1.165) is 13.0 Å². The monoisotopic (exact) mass is 254 g/mol. The van der Waals surface area contributed by atoms with Crippen LogP contribution in [0.15, 0.2) is 30.3 Å². The predicted molar refractivity (Wildman–Crippen MR) is 71.5 cm³/mol. The molecular weight excluding hydrogens is 236 g/mol. The smallest absolute Gasteiger partial charge is 0.221 e. The molecule has 2 rings (SSSR count). The van der Waals surface area contributed by atoms with E-state index in [1.807, 2.05) is 25.2 Å². The average molecular weight is 255 g/mol. The van der Waals surface area contributed by atoms with Crippen molar-refractivity contribution >= 4 is 18.3 Å². The maximum Gasteiger partial charge on any atom is 0.221 e. The first-order chi connectivity index (χ1) is 7.81. The highest BCUT2D eigenvalue weighted by Crippen LogP contribution is 2.40. The van der Waals surface area contributed by atoms with Crippen LogP contribution >= 0.6 is 12.4 Å². The first-order valence-electron chi connectivity index (χ1n) is 5.80. The van der Waals surface area contributed by atoms with Crippen LogP contribution in [-0.2, 0) is 4.79 Å². The molecule has 3 nitrogen and oxygen atoms in total. The molecule has 0 aromatic heterocycles. The molecule has 0 radical (unpaired) electrons. The quantitative estimate of drug-likeness (QED) is 0.840. The van der Waals surface area contributed by atoms with Crippen molar-refractivity contribution in [2.75, 3.05) is 13.6 Å². The van der Waals surface area contributed by atoms with Gasteiger partial charge in [0.1, 0.15) is 0 Å². The van der Waals surface area contributed by atoms with E-state index in [4.69, 9.17) is 0 Å². The fourth-order valence-corrected chi connectivity index (χ4v) is 1.94. The minimum atomic E-state index is 0. The summed E-state index contributed by atoms with van der Waals surface area (Å²) in [6.45, 7) is 0.745. The maximum absolute atomic E-state index is 11.5. The molecule has 0 heterocycles. The Morgan fingerprint density at radius 2 is 2.06 bits per heavy atom. The van der Waals surface area contributed by atoms with E-state index in [2.05, 4.69) is 22.8 Å². The van der Waals surface area contributed by atoms with Crippen LogP contribution in [0.1, 0.15) is 24.3 Å². The van der Waals surface area contributed by atoms with E-state index in [1.165, 1.54) is 5.56 Å². The van der Waals surface area contributed by atoms with E-state index in [1.54, 1.807) is 0 Å². The number of carbonyl (C=O) groups is 1. The topological polar surface area (TPSA) is 41.1 Å². The zero-order valence-corrected chi connectivity index (χ0v) is 10.8. The molecule has 0 saturated heterocycles. The SMILES string of the molecule is CNCCC(=O)NC1CC1c1ccccc1.Cl. The second-order valence-corrected chi connectivity index (χ2v) is 4.28. The van der Waals surface area contributed by atoms with Gasteiger partial charge in [-0.2, -0.15) is 0 Å². The number of rotatable bonds is 5. The minimum Gasteiger partial charge on any atom is -0.353 e. The lowest BCUT2D eigenvalue weighted by molar-refractivity contribution is -0.121. The second-order valence-electron chi connectivity index (χ2n) is 4.28. The standard InChI is InChI=1S/C13H18N2O.ClH/c1-14-8-7-13(16)15-12-9-11(12)10-5-3-2-4-6-10;/h2-6,11-12,14H,7-9H2,1H3,(H,15,16);1H. The normalized spacial score (nSPS) is 21.5. The Hall–Kier alpha value is -1.06. The molecule has 2 N–H and O–H groups in total. The number of nitrogens with one attached hydrogen (secondary N) is 2. The van der Waals surface area contributed by atoms with Crippen LogP contribution in [0.25, 0.3) is 0 Å². The third-order valence-electron chi connectivity index (χ3n) is 2.97. The van der Waals surface area contributed by atoms with E-state index < -0.39 is 0 Å². The third kappa shape index (κ3) is 4.02. The van der Waals surface area contributed by atoms with Crippen molar-refractivity contribution in [2.45, 2.75) is 24.8 Å². The first kappa shape index (κ1) is 14.0. The van der Waals surface area contributed by atoms with E-state index in [0.29, 0.717) is 18.4 Å². The van der Waals surface area contributed by atoms with Crippen molar-refractivity contribution in [3.8, 4) is 0 Å². The molecular formula is C13H19ClN2O. The van der Waals surface area contributed by atoms with Gasteiger partial charge < -0.3 is 10.6 Å². The zero-order valence-electron chi connectivity index (χ0n) is 9.98. The van der Waals surface area contributed by atoms with Crippen molar-refractivity contribution in [3.05, 3.63) is 35.9 Å². The molecule has 1 aromatic carbocycles. The highest BCUT2D eigenvalue weighted by molar-refractivity contribution is 5.85. The summed E-state index contributed by atoms with van der Waals surface area (Å²) in [5.41, 5.74) is 1.33. The Balaban J connectivity index is 0.00000144. The fourth-order valence-electron chi connectivity index (χ4n) is 1.94. The molecule has 1 fully saturated rings. The molecule has 1 aliphatic carbocycles. The van der Waals surface area contributed by atoms with Gasteiger partial charge in [0.05, 0.1) is 0 Å². The summed E-state index contributed by atoms with van der Waals surface area (Å²) in [6, 6.07) is 10.7. The van der Waals surface area contributed by atoms with Gasteiger partial charge in [-0.25, -0.2) is 0 Å². The molecule has 1 aromatic rings. The summed E-state index contributed by atoms with van der Waals surface area (Å²) < 4.78 is 0. The minimum absolute atomic E-state index is 0. The maximum atomic E-state index is 11.5. The molecule has 1 aliphatic rings. The number of carbonyl (C=O) groups excluding carboxylic acids is 1. The summed E-state index contributed by atoms with van der Waals surface area (Å²) in [5, 5.41) is 6.03. The van der Waals surface area contributed by atoms with E-state index in [-0.39, 0.29) is 18.3 Å². The number of benzene rings is 1. The van der Waals surface area contributed by atoms with Crippen LogP contribution in [0, 0.1) is 0 Å². The van der Waals surface area contributed by atoms with Crippen molar-refractivity contribution in [3.63, 3.8) is 0 Å². The Bertz CT molecular complexity index is 356. The van der Waals surface area contributed by atoms with Crippen molar-refractivity contribution in [1.29, 1.82) is 0 Å². The van der Waals surface area contributed by atoms with Gasteiger partial charge in [0.25, 0.3) is 0 Å². The number of amides is 1. The highest BCUT2D eigenvalue weighted by Gasteiger charge is 2.38. The van der Waals surface area contributed by atoms with Gasteiger partial charge in [-0.05, 0) is 19.0 Å². The number of hydrogen-bond acceptors (Lipinski definition) is 2. The lowest BCUT2D eigenvalue weighted by Gasteiger charge is -2.04. The molecule has 4 heteroatoms. The molecule has 2 atom stereocenters. The van der Waals surface area contributed by atoms with Gasteiger partial charge in [-0.1, -0.05) is 30.3 Å². The fraction of sp³-hybridized carbons (Fsp3) is 0.462. The molecule has 0 bridgehead atoms. The van der Waals surface area contributed by atoms with Crippen molar-refractivity contribution in [1.82, 2.24) is 10.6 Å². The van der Waals surface area contributed by atoms with Gasteiger partial charge in [0.15, 0.2) is 0 Å². The molecule has 2 unspecified atom stereocenters. The highest BCUT2D eigenvalue weighted by atomic mass is 35.5. The molecule has 17 heavy (non-hydrogen) atoms. The Labute approximate surface area is 108 Å². The molecule has 0 aliphatic heterocycles. The van der Waals surface area contributed by atoms with E-state index in [9.17, 15) is 4.79 Å². The molecule has 1 saturated carbocycles. The van der Waals surface area contributed by atoms with Gasteiger partial charge in [-0.3, -0.25) is 4.79 Å². The van der Waals surface area contributed by atoms with Crippen LogP contribution in [0.5, 0.6) is 0 Å². The molecule has 1 amide bonds. The second kappa shape index (κ2) is 6.62. The number of hydrogen-bond donors (Lipinski definition) is 2. The Morgan fingerprint density at radius 3 is 2.71 bits per heavy atom. The summed E-state index contributed by atoms with van der Waals surface area (Å²) in [4.78, 5) is 11.5. The van der Waals surface area contributed by atoms with Crippen LogP contribution < -0.4 is 10.6 Å². The van der Waals surface area contributed by atoms with Gasteiger partial charge in [0.2, 0.25) is 5.91 Å². The first-order valence-corrected chi connectivity index (χ1v) is 5.80. The van der Waals surface area contributed by atoms with Gasteiger partial charge in [-0.15, -0.1) is 12.4 Å². The van der Waals surface area contributed by atoms with Crippen LogP contribution in [-0.4, -0.2) is 25.5 Å². The molecule has 0 spiro atoms. The van der Waals surface area contributed by atoms with Crippen molar-refractivity contribution in [2.24, 2.45) is 0 Å². The lowest BCUT2D eigenvalue weighted by Crippen LogP contribution is -2.29. The third-order valence-corrected chi connectivity index (χ3v) is 2.97. The Morgan fingerprint density at radius 1 is 1.35 bits per heavy atom. The zero-order chi connectivity index (χ0) is 11.4. The predicted octanol–water partition coefficient (Wildman–Crippen LogP) is 1.69. The average Bonchev–Trinajstić information content (AvgIpc) is 3.07. The Kier molecular flexibility index (Phi) is 5.45. The summed E-state index contributed by atoms with van der Waals surface area (Å²) in [7, 11) is 1.86. The van der Waals surface area contributed by atoms with E-state index >= 15 is 0 Å².